The number of phenolic OH excluding ortho intramolecular Hbond substituents is 1. The van der Waals surface area contributed by atoms with Crippen LogP contribution in [0.25, 0.3) is 16.9 Å². The van der Waals surface area contributed by atoms with Gasteiger partial charge in [-0.1, -0.05) is 23.7 Å². The second-order valence-electron chi connectivity index (χ2n) is 5.76. The van der Waals surface area contributed by atoms with Gasteiger partial charge in [0.2, 0.25) is 0 Å². The number of fused-ring (bicyclic) bond motifs is 1. The number of aromatic hydroxyl groups is 1. The largest absolute Gasteiger partial charge is 0.508 e. The summed E-state index contributed by atoms with van der Waals surface area (Å²) in [7, 11) is 1.63. The summed E-state index contributed by atoms with van der Waals surface area (Å²) in [5.74, 6) is 1.69. The zero-order valence-electron chi connectivity index (χ0n) is 14.0. The molecule has 2 N–H and O–H groups in total. The van der Waals surface area contributed by atoms with Crippen molar-refractivity contribution >= 4 is 28.8 Å². The molecule has 130 valence electrons. The second kappa shape index (κ2) is 6.61. The van der Waals surface area contributed by atoms with Gasteiger partial charge in [-0.15, -0.1) is 0 Å². The maximum absolute atomic E-state index is 9.58. The van der Waals surface area contributed by atoms with Gasteiger partial charge >= 0.3 is 0 Å². The lowest BCUT2D eigenvalue weighted by Crippen LogP contribution is -1.99. The number of halogens is 1. The van der Waals surface area contributed by atoms with Crippen molar-refractivity contribution in [3.63, 3.8) is 0 Å². The molecule has 0 aliphatic rings. The molecule has 0 aliphatic carbocycles. The van der Waals surface area contributed by atoms with Gasteiger partial charge in [0.1, 0.15) is 28.7 Å². The van der Waals surface area contributed by atoms with Gasteiger partial charge < -0.3 is 15.2 Å². The highest BCUT2D eigenvalue weighted by molar-refractivity contribution is 6.30. The van der Waals surface area contributed by atoms with Crippen LogP contribution >= 0.6 is 11.6 Å². The van der Waals surface area contributed by atoms with Crippen LogP contribution in [0.15, 0.2) is 66.9 Å². The third-order valence-electron chi connectivity index (χ3n) is 4.08. The molecular weight excluding hydrogens is 350 g/mol. The van der Waals surface area contributed by atoms with E-state index in [0.717, 1.165) is 34.2 Å². The van der Waals surface area contributed by atoms with Crippen molar-refractivity contribution in [1.82, 2.24) is 9.38 Å². The van der Waals surface area contributed by atoms with E-state index >= 15 is 0 Å². The van der Waals surface area contributed by atoms with Gasteiger partial charge in [0.15, 0.2) is 0 Å². The number of rotatable bonds is 4. The Morgan fingerprint density at radius 1 is 1.04 bits per heavy atom. The van der Waals surface area contributed by atoms with Crippen molar-refractivity contribution in [2.24, 2.45) is 0 Å². The fourth-order valence-electron chi connectivity index (χ4n) is 2.83. The molecule has 6 heteroatoms. The lowest BCUT2D eigenvalue weighted by molar-refractivity contribution is 0.417. The first kappa shape index (κ1) is 16.3. The first-order valence-electron chi connectivity index (χ1n) is 8.03. The van der Waals surface area contributed by atoms with Crippen LogP contribution in [0.5, 0.6) is 11.5 Å². The molecule has 5 nitrogen and oxygen atoms in total. The van der Waals surface area contributed by atoms with Gasteiger partial charge in [-0.25, -0.2) is 4.98 Å². The number of ether oxygens (including phenoxy) is 1. The number of anilines is 2. The van der Waals surface area contributed by atoms with Crippen LogP contribution in [0.4, 0.5) is 11.5 Å². The summed E-state index contributed by atoms with van der Waals surface area (Å²) < 4.78 is 7.34. The first-order valence-corrected chi connectivity index (χ1v) is 8.40. The maximum Gasteiger partial charge on any atom is 0.143 e. The molecule has 0 bridgehead atoms. The molecule has 0 spiro atoms. The minimum absolute atomic E-state index is 0.208. The normalized spacial score (nSPS) is 10.8. The van der Waals surface area contributed by atoms with Crippen molar-refractivity contribution in [2.45, 2.75) is 0 Å². The average Bonchev–Trinajstić information content (AvgIpc) is 3.00. The number of nitrogens with one attached hydrogen (secondary N) is 1. The minimum atomic E-state index is 0.208. The number of benzene rings is 2. The average molecular weight is 366 g/mol. The van der Waals surface area contributed by atoms with E-state index in [4.69, 9.17) is 21.3 Å². The molecule has 4 rings (SSSR count). The molecule has 4 aromatic rings. The van der Waals surface area contributed by atoms with E-state index in [1.807, 2.05) is 53.1 Å². The standard InChI is InChI=1S/C20H16ClN3O2/c1-26-17-5-3-2-4-16(17)22-20-19(13-6-9-15(25)10-7-13)23-18-11-8-14(21)12-24(18)20/h2-12,22,25H,1H3. The van der Waals surface area contributed by atoms with Crippen LogP contribution in [0.3, 0.4) is 0 Å². The molecule has 2 aromatic carbocycles. The smallest absolute Gasteiger partial charge is 0.143 e. The lowest BCUT2D eigenvalue weighted by atomic mass is 10.1. The van der Waals surface area contributed by atoms with E-state index in [0.29, 0.717) is 5.02 Å². The van der Waals surface area contributed by atoms with Crippen molar-refractivity contribution in [2.75, 3.05) is 12.4 Å². The molecule has 2 aromatic heterocycles. The highest BCUT2D eigenvalue weighted by Gasteiger charge is 2.16. The van der Waals surface area contributed by atoms with E-state index in [1.165, 1.54) is 0 Å². The summed E-state index contributed by atoms with van der Waals surface area (Å²) in [4.78, 5) is 4.72. The fourth-order valence-corrected chi connectivity index (χ4v) is 2.99. The summed E-state index contributed by atoms with van der Waals surface area (Å²) >= 11 is 6.19. The van der Waals surface area contributed by atoms with Crippen LogP contribution in [-0.2, 0) is 0 Å². The zero-order chi connectivity index (χ0) is 18.1. The summed E-state index contributed by atoms with van der Waals surface area (Å²) in [6, 6.07) is 18.3. The van der Waals surface area contributed by atoms with Crippen molar-refractivity contribution in [3.05, 3.63) is 71.9 Å². The highest BCUT2D eigenvalue weighted by Crippen LogP contribution is 2.35. The molecule has 0 unspecified atom stereocenters. The van der Waals surface area contributed by atoms with E-state index in [9.17, 15) is 5.11 Å². The number of hydrogen-bond donors (Lipinski definition) is 2. The number of nitrogens with zero attached hydrogens (tertiary/aromatic N) is 2. The lowest BCUT2D eigenvalue weighted by Gasteiger charge is -2.12. The molecule has 0 atom stereocenters. The van der Waals surface area contributed by atoms with Gasteiger partial charge in [-0.2, -0.15) is 0 Å². The third-order valence-corrected chi connectivity index (χ3v) is 4.31. The predicted molar refractivity (Wildman–Crippen MR) is 104 cm³/mol. The Labute approximate surface area is 155 Å². The SMILES string of the molecule is COc1ccccc1Nc1c(-c2ccc(O)cc2)nc2ccc(Cl)cn12. The number of aromatic nitrogens is 2. The van der Waals surface area contributed by atoms with Crippen LogP contribution < -0.4 is 10.1 Å². The predicted octanol–water partition coefficient (Wildman–Crippen LogP) is 5.11. The summed E-state index contributed by atoms with van der Waals surface area (Å²) in [6.07, 6.45) is 1.81. The van der Waals surface area contributed by atoms with Crippen LogP contribution in [0.2, 0.25) is 5.02 Å². The monoisotopic (exact) mass is 365 g/mol. The van der Waals surface area contributed by atoms with Crippen LogP contribution in [0.1, 0.15) is 0 Å². The van der Waals surface area contributed by atoms with Crippen molar-refractivity contribution < 1.29 is 9.84 Å². The molecule has 0 radical (unpaired) electrons. The maximum atomic E-state index is 9.58. The summed E-state index contributed by atoms with van der Waals surface area (Å²) in [5, 5.41) is 13.6. The van der Waals surface area contributed by atoms with E-state index in [2.05, 4.69) is 5.32 Å². The van der Waals surface area contributed by atoms with Gasteiger partial charge in [0.05, 0.1) is 17.8 Å². The fraction of sp³-hybridized carbons (Fsp3) is 0.0500. The number of pyridine rings is 1. The van der Waals surface area contributed by atoms with Crippen LogP contribution in [0, 0.1) is 0 Å². The molecule has 0 saturated carbocycles. The van der Waals surface area contributed by atoms with Gasteiger partial charge in [-0.05, 0) is 48.5 Å². The minimum Gasteiger partial charge on any atom is -0.508 e. The van der Waals surface area contributed by atoms with Gasteiger partial charge in [-0.3, -0.25) is 4.40 Å². The van der Waals surface area contributed by atoms with E-state index in [1.54, 1.807) is 25.3 Å². The first-order chi connectivity index (χ1) is 12.7. The Kier molecular flexibility index (Phi) is 4.14. The zero-order valence-corrected chi connectivity index (χ0v) is 14.7. The van der Waals surface area contributed by atoms with Gasteiger partial charge in [0, 0.05) is 11.8 Å². The molecule has 0 amide bonds. The molecule has 26 heavy (non-hydrogen) atoms. The quantitative estimate of drug-likeness (QED) is 0.527. The van der Waals surface area contributed by atoms with Crippen LogP contribution in [-0.4, -0.2) is 21.6 Å². The molecule has 0 fully saturated rings. The van der Waals surface area contributed by atoms with Crippen molar-refractivity contribution in [1.29, 1.82) is 0 Å². The number of hydrogen-bond acceptors (Lipinski definition) is 4. The van der Waals surface area contributed by atoms with Crippen molar-refractivity contribution in [3.8, 4) is 22.8 Å². The molecule has 2 heterocycles. The highest BCUT2D eigenvalue weighted by atomic mass is 35.5. The Balaban J connectivity index is 1.91. The Morgan fingerprint density at radius 2 is 1.81 bits per heavy atom. The van der Waals surface area contributed by atoms with E-state index in [-0.39, 0.29) is 5.75 Å². The molecular formula is C20H16ClN3O2. The summed E-state index contributed by atoms with van der Waals surface area (Å²) in [6.45, 7) is 0. The number of para-hydroxylation sites is 2. The Bertz CT molecular complexity index is 1070. The number of imidazole rings is 1. The number of methoxy groups -OCH3 is 1. The third kappa shape index (κ3) is 2.93. The topological polar surface area (TPSA) is 58.8 Å². The Hall–Kier alpha value is -3.18. The second-order valence-corrected chi connectivity index (χ2v) is 6.19. The molecule has 0 saturated heterocycles. The van der Waals surface area contributed by atoms with E-state index < -0.39 is 0 Å². The Morgan fingerprint density at radius 3 is 2.58 bits per heavy atom. The van der Waals surface area contributed by atoms with Gasteiger partial charge in [0.25, 0.3) is 0 Å². The number of phenols is 1. The summed E-state index contributed by atoms with van der Waals surface area (Å²) in [5.41, 5.74) is 3.20. The molecule has 0 aliphatic heterocycles.